The van der Waals surface area contributed by atoms with Crippen LogP contribution in [0.25, 0.3) is 0 Å². The van der Waals surface area contributed by atoms with Crippen molar-refractivity contribution in [3.63, 3.8) is 0 Å². The van der Waals surface area contributed by atoms with Gasteiger partial charge in [0.25, 0.3) is 0 Å². The van der Waals surface area contributed by atoms with Gasteiger partial charge in [-0.15, -0.1) is 0 Å². The molecule has 0 radical (unpaired) electrons. The second-order valence-electron chi connectivity index (χ2n) is 2.93. The minimum absolute atomic E-state index is 0.260. The Bertz CT molecular complexity index is 175. The van der Waals surface area contributed by atoms with Crippen LogP contribution in [0.1, 0.15) is 26.7 Å². The van der Waals surface area contributed by atoms with Crippen molar-refractivity contribution in [1.29, 1.82) is 0 Å². The maximum Gasteiger partial charge on any atom is 0.0725 e. The third kappa shape index (κ3) is 1.71. The third-order valence-electron chi connectivity index (χ3n) is 1.93. The van der Waals surface area contributed by atoms with Crippen LogP contribution >= 0.6 is 0 Å². The molecule has 1 aliphatic carbocycles. The summed E-state index contributed by atoms with van der Waals surface area (Å²) in [5, 5.41) is 9.17. The van der Waals surface area contributed by atoms with Crippen LogP contribution < -0.4 is 0 Å². The van der Waals surface area contributed by atoms with Crippen LogP contribution in [0.2, 0.25) is 0 Å². The van der Waals surface area contributed by atoms with Gasteiger partial charge in [0.15, 0.2) is 0 Å². The summed E-state index contributed by atoms with van der Waals surface area (Å²) >= 11 is 0. The molecule has 0 saturated carbocycles. The molecule has 1 heteroatoms. The van der Waals surface area contributed by atoms with Gasteiger partial charge in [0.05, 0.1) is 6.10 Å². The van der Waals surface area contributed by atoms with Crippen LogP contribution in [-0.2, 0) is 0 Å². The Morgan fingerprint density at radius 3 is 2.50 bits per heavy atom. The third-order valence-corrected chi connectivity index (χ3v) is 1.93. The number of hydrogen-bond acceptors (Lipinski definition) is 1. The predicted octanol–water partition coefficient (Wildman–Crippen LogP) is 2.03. The number of rotatable bonds is 1. The molecule has 0 aliphatic heterocycles. The molecule has 56 valence electrons. The monoisotopic (exact) mass is 138 g/mol. The van der Waals surface area contributed by atoms with E-state index in [-0.39, 0.29) is 6.10 Å². The first-order valence-electron chi connectivity index (χ1n) is 3.74. The fraction of sp³-hybridized carbons (Fsp3) is 0.556. The number of hydrogen-bond donors (Lipinski definition) is 1. The standard InChI is InChI=1S/C9H14O/c1-7-3-5-9(6-4-7)8(2)10/h3,5,8,10H,4,6H2,1-2H3. The SMILES string of the molecule is CC1=CC=C(C(C)O)CC1. The fourth-order valence-electron chi connectivity index (χ4n) is 1.11. The summed E-state index contributed by atoms with van der Waals surface area (Å²) in [6.07, 6.45) is 6.00. The molecule has 0 heterocycles. The predicted molar refractivity (Wildman–Crippen MR) is 42.8 cm³/mol. The van der Waals surface area contributed by atoms with E-state index in [1.807, 2.05) is 13.0 Å². The molecule has 1 atom stereocenters. The Morgan fingerprint density at radius 1 is 1.40 bits per heavy atom. The highest BCUT2D eigenvalue weighted by Crippen LogP contribution is 2.19. The Morgan fingerprint density at radius 2 is 2.10 bits per heavy atom. The van der Waals surface area contributed by atoms with E-state index in [1.54, 1.807) is 0 Å². The summed E-state index contributed by atoms with van der Waals surface area (Å²) in [5.41, 5.74) is 2.56. The lowest BCUT2D eigenvalue weighted by atomic mass is 9.96. The average Bonchev–Trinajstić information content (AvgIpc) is 1.88. The van der Waals surface area contributed by atoms with Crippen LogP contribution in [0.4, 0.5) is 0 Å². The second-order valence-corrected chi connectivity index (χ2v) is 2.93. The summed E-state index contributed by atoms with van der Waals surface area (Å²) in [6, 6.07) is 0. The van der Waals surface area contributed by atoms with E-state index in [1.165, 1.54) is 5.57 Å². The van der Waals surface area contributed by atoms with Gasteiger partial charge in [-0.25, -0.2) is 0 Å². The minimum atomic E-state index is -0.260. The molecule has 1 aliphatic rings. The molecule has 0 amide bonds. The van der Waals surface area contributed by atoms with Crippen LogP contribution in [0.5, 0.6) is 0 Å². The van der Waals surface area contributed by atoms with E-state index in [9.17, 15) is 0 Å². The summed E-state index contributed by atoms with van der Waals surface area (Å²) in [6.45, 7) is 3.94. The van der Waals surface area contributed by atoms with E-state index >= 15 is 0 Å². The molecular weight excluding hydrogens is 124 g/mol. The first-order chi connectivity index (χ1) is 4.70. The quantitative estimate of drug-likeness (QED) is 0.588. The Labute approximate surface area is 62.1 Å². The molecular formula is C9H14O. The smallest absolute Gasteiger partial charge is 0.0725 e. The molecule has 0 bridgehead atoms. The lowest BCUT2D eigenvalue weighted by Gasteiger charge is -2.13. The van der Waals surface area contributed by atoms with E-state index in [0.717, 1.165) is 18.4 Å². The summed E-state index contributed by atoms with van der Waals surface area (Å²) in [4.78, 5) is 0. The summed E-state index contributed by atoms with van der Waals surface area (Å²) in [7, 11) is 0. The van der Waals surface area contributed by atoms with Gasteiger partial charge in [-0.3, -0.25) is 0 Å². The van der Waals surface area contributed by atoms with Crippen molar-refractivity contribution in [2.75, 3.05) is 0 Å². The molecule has 1 N–H and O–H groups in total. The number of aliphatic hydroxyl groups excluding tert-OH is 1. The first-order valence-corrected chi connectivity index (χ1v) is 3.74. The van der Waals surface area contributed by atoms with Crippen LogP contribution in [0, 0.1) is 0 Å². The lowest BCUT2D eigenvalue weighted by Crippen LogP contribution is -2.06. The molecule has 0 aromatic heterocycles. The molecule has 1 unspecified atom stereocenters. The van der Waals surface area contributed by atoms with Crippen LogP contribution in [0.3, 0.4) is 0 Å². The molecule has 1 nitrogen and oxygen atoms in total. The molecule has 1 rings (SSSR count). The van der Waals surface area contributed by atoms with Crippen molar-refractivity contribution in [3.8, 4) is 0 Å². The first kappa shape index (κ1) is 7.55. The maximum absolute atomic E-state index is 9.17. The van der Waals surface area contributed by atoms with Gasteiger partial charge in [-0.1, -0.05) is 17.7 Å². The van der Waals surface area contributed by atoms with Crippen molar-refractivity contribution in [2.24, 2.45) is 0 Å². The van der Waals surface area contributed by atoms with E-state index in [0.29, 0.717) is 0 Å². The summed E-state index contributed by atoms with van der Waals surface area (Å²) < 4.78 is 0. The highest BCUT2D eigenvalue weighted by Gasteiger charge is 2.06. The number of aliphatic hydroxyl groups is 1. The number of allylic oxidation sites excluding steroid dienone is 3. The van der Waals surface area contributed by atoms with Crippen molar-refractivity contribution in [1.82, 2.24) is 0 Å². The molecule has 10 heavy (non-hydrogen) atoms. The van der Waals surface area contributed by atoms with Crippen molar-refractivity contribution >= 4 is 0 Å². The largest absolute Gasteiger partial charge is 0.389 e. The zero-order valence-corrected chi connectivity index (χ0v) is 6.59. The Hall–Kier alpha value is -0.560. The van der Waals surface area contributed by atoms with Crippen molar-refractivity contribution in [3.05, 3.63) is 23.3 Å². The lowest BCUT2D eigenvalue weighted by molar-refractivity contribution is 0.226. The van der Waals surface area contributed by atoms with E-state index < -0.39 is 0 Å². The second kappa shape index (κ2) is 3.02. The van der Waals surface area contributed by atoms with Gasteiger partial charge in [0, 0.05) is 0 Å². The van der Waals surface area contributed by atoms with Gasteiger partial charge < -0.3 is 5.11 Å². The van der Waals surface area contributed by atoms with Crippen molar-refractivity contribution < 1.29 is 5.11 Å². The van der Waals surface area contributed by atoms with Gasteiger partial charge >= 0.3 is 0 Å². The highest BCUT2D eigenvalue weighted by atomic mass is 16.3. The van der Waals surface area contributed by atoms with Crippen LogP contribution in [-0.4, -0.2) is 11.2 Å². The maximum atomic E-state index is 9.17. The van der Waals surface area contributed by atoms with E-state index in [4.69, 9.17) is 5.11 Å². The highest BCUT2D eigenvalue weighted by molar-refractivity contribution is 5.24. The van der Waals surface area contributed by atoms with Gasteiger partial charge in [0.1, 0.15) is 0 Å². The zero-order valence-electron chi connectivity index (χ0n) is 6.59. The molecule has 0 aromatic rings. The van der Waals surface area contributed by atoms with Gasteiger partial charge in [-0.05, 0) is 32.3 Å². The average molecular weight is 138 g/mol. The Balaban J connectivity index is 2.64. The van der Waals surface area contributed by atoms with Gasteiger partial charge in [0.2, 0.25) is 0 Å². The minimum Gasteiger partial charge on any atom is -0.389 e. The zero-order chi connectivity index (χ0) is 7.56. The molecule has 0 saturated heterocycles. The molecule has 0 aromatic carbocycles. The summed E-state index contributed by atoms with van der Waals surface area (Å²) in [5.74, 6) is 0. The molecule has 0 spiro atoms. The fourth-order valence-corrected chi connectivity index (χ4v) is 1.11. The molecule has 0 fully saturated rings. The normalized spacial score (nSPS) is 21.5. The van der Waals surface area contributed by atoms with Gasteiger partial charge in [-0.2, -0.15) is 0 Å². The topological polar surface area (TPSA) is 20.2 Å². The van der Waals surface area contributed by atoms with E-state index in [2.05, 4.69) is 13.0 Å². The Kier molecular flexibility index (Phi) is 2.28. The van der Waals surface area contributed by atoms with Crippen molar-refractivity contribution in [2.45, 2.75) is 32.8 Å². The van der Waals surface area contributed by atoms with Crippen LogP contribution in [0.15, 0.2) is 23.3 Å².